The van der Waals surface area contributed by atoms with Crippen molar-refractivity contribution in [2.75, 3.05) is 0 Å². The molecule has 0 aromatic carbocycles. The number of rotatable bonds is 10. The molecule has 0 amide bonds. The lowest BCUT2D eigenvalue weighted by Gasteiger charge is -2.49. The molecule has 0 saturated carbocycles. The van der Waals surface area contributed by atoms with Gasteiger partial charge >= 0.3 is 0 Å². The summed E-state index contributed by atoms with van der Waals surface area (Å²) < 4.78 is 0. The second kappa shape index (κ2) is 9.93. The number of allylic oxidation sites excluding steroid dienone is 3. The Hall–Kier alpha value is -1.59. The molecule has 0 saturated heterocycles. The zero-order valence-corrected chi connectivity index (χ0v) is 17.3. The number of carbonyl (C=O) groups excluding carboxylic acids is 1. The fourth-order valence-electron chi connectivity index (χ4n) is 3.39. The molecule has 1 aliphatic heterocycles. The van der Waals surface area contributed by atoms with Crippen molar-refractivity contribution in [3.63, 3.8) is 0 Å². The maximum atomic E-state index is 12.5. The summed E-state index contributed by atoms with van der Waals surface area (Å²) in [4.78, 5) is 20.6. The molecule has 0 spiro atoms. The van der Waals surface area contributed by atoms with Crippen LogP contribution in [0.5, 0.6) is 0 Å². The topological polar surface area (TPSA) is 32.7 Å². The standard InChI is InChI=1S/C21H28N2OS2/c1-3-4-11-20(2)22-13-9-14-23(20)21(18-24,12-6-5-7-15-25)17-19-10-8-16-26-19/h5-10,13-16,18,25H,3-4,11-12,17H2,1-2H3/b6-5+,15-7-/t20-,21?/m1/s1. The zero-order valence-electron chi connectivity index (χ0n) is 15.5. The van der Waals surface area contributed by atoms with Gasteiger partial charge in [-0.25, -0.2) is 0 Å². The van der Waals surface area contributed by atoms with Crippen LogP contribution in [0.25, 0.3) is 0 Å². The fourth-order valence-corrected chi connectivity index (χ4v) is 4.31. The number of hydrogen-bond donors (Lipinski definition) is 1. The quantitative estimate of drug-likeness (QED) is 0.329. The van der Waals surface area contributed by atoms with Crippen molar-refractivity contribution in [3.05, 3.63) is 58.3 Å². The Labute approximate surface area is 166 Å². The Morgan fingerprint density at radius 1 is 1.42 bits per heavy atom. The minimum Gasteiger partial charge on any atom is -0.341 e. The minimum absolute atomic E-state index is 0.407. The van der Waals surface area contributed by atoms with Crippen molar-refractivity contribution in [2.24, 2.45) is 4.99 Å². The van der Waals surface area contributed by atoms with Crippen molar-refractivity contribution in [1.29, 1.82) is 0 Å². The van der Waals surface area contributed by atoms with Crippen LogP contribution in [0.15, 0.2) is 58.4 Å². The van der Waals surface area contributed by atoms with Crippen LogP contribution < -0.4 is 0 Å². The third kappa shape index (κ3) is 4.98. The first-order chi connectivity index (χ1) is 12.6. The highest BCUT2D eigenvalue weighted by atomic mass is 32.1. The molecule has 0 N–H and O–H groups in total. The van der Waals surface area contributed by atoms with E-state index in [1.54, 1.807) is 16.7 Å². The molecule has 26 heavy (non-hydrogen) atoms. The van der Waals surface area contributed by atoms with Crippen molar-refractivity contribution in [2.45, 2.75) is 57.2 Å². The van der Waals surface area contributed by atoms with E-state index in [-0.39, 0.29) is 0 Å². The minimum atomic E-state index is -0.664. The van der Waals surface area contributed by atoms with Crippen molar-refractivity contribution >= 4 is 36.5 Å². The van der Waals surface area contributed by atoms with E-state index in [0.717, 1.165) is 25.5 Å². The molecular formula is C21H28N2OS2. The Morgan fingerprint density at radius 2 is 2.27 bits per heavy atom. The van der Waals surface area contributed by atoms with Crippen LogP contribution in [-0.2, 0) is 11.2 Å². The molecule has 2 heterocycles. The molecule has 3 nitrogen and oxygen atoms in total. The van der Waals surface area contributed by atoms with Gasteiger partial charge in [0, 0.05) is 23.7 Å². The molecule has 1 aliphatic rings. The van der Waals surface area contributed by atoms with Gasteiger partial charge in [-0.2, -0.15) is 12.6 Å². The van der Waals surface area contributed by atoms with Crippen LogP contribution in [-0.4, -0.2) is 28.6 Å². The Bertz CT molecular complexity index is 678. The lowest BCUT2D eigenvalue weighted by Crippen LogP contribution is -2.59. The van der Waals surface area contributed by atoms with Crippen LogP contribution in [0.2, 0.25) is 0 Å². The van der Waals surface area contributed by atoms with E-state index >= 15 is 0 Å². The van der Waals surface area contributed by atoms with E-state index in [1.807, 2.05) is 42.8 Å². The number of thiol groups is 1. The summed E-state index contributed by atoms with van der Waals surface area (Å²) in [5, 5.41) is 3.75. The molecule has 0 bridgehead atoms. The maximum Gasteiger partial charge on any atom is 0.146 e. The van der Waals surface area contributed by atoms with Gasteiger partial charge < -0.3 is 9.69 Å². The second-order valence-electron chi connectivity index (χ2n) is 6.76. The van der Waals surface area contributed by atoms with Crippen LogP contribution in [0.4, 0.5) is 0 Å². The zero-order chi connectivity index (χ0) is 18.9. The molecule has 140 valence electrons. The smallest absolute Gasteiger partial charge is 0.146 e. The largest absolute Gasteiger partial charge is 0.341 e. The third-order valence-electron chi connectivity index (χ3n) is 4.76. The molecule has 1 aromatic heterocycles. The van der Waals surface area contributed by atoms with Crippen LogP contribution in [0.1, 0.15) is 44.4 Å². The van der Waals surface area contributed by atoms with Gasteiger partial charge in [-0.1, -0.05) is 37.6 Å². The molecule has 2 atom stereocenters. The van der Waals surface area contributed by atoms with Crippen LogP contribution in [0.3, 0.4) is 0 Å². The average molecular weight is 389 g/mol. The summed E-state index contributed by atoms with van der Waals surface area (Å²) in [6.07, 6.45) is 17.2. The molecule has 0 aliphatic carbocycles. The monoisotopic (exact) mass is 388 g/mol. The number of aldehydes is 1. The van der Waals surface area contributed by atoms with Crippen molar-refractivity contribution in [3.8, 4) is 0 Å². The molecule has 0 fully saturated rings. The van der Waals surface area contributed by atoms with Crippen LogP contribution in [0, 0.1) is 0 Å². The molecule has 5 heteroatoms. The van der Waals surface area contributed by atoms with Gasteiger partial charge in [0.05, 0.1) is 0 Å². The van der Waals surface area contributed by atoms with Gasteiger partial charge in [-0.3, -0.25) is 4.99 Å². The normalized spacial score (nSPS) is 22.3. The number of thiophene rings is 1. The fraction of sp³-hybridized carbons (Fsp3) is 0.429. The number of aliphatic imine (C=N–C) groups is 1. The molecule has 1 unspecified atom stereocenters. The van der Waals surface area contributed by atoms with Crippen LogP contribution >= 0.6 is 24.0 Å². The number of carbonyl (C=O) groups is 1. The first-order valence-electron chi connectivity index (χ1n) is 9.06. The maximum absolute atomic E-state index is 12.5. The Balaban J connectivity index is 2.40. The van der Waals surface area contributed by atoms with Gasteiger partial charge in [0.15, 0.2) is 0 Å². The van der Waals surface area contributed by atoms with E-state index < -0.39 is 11.2 Å². The van der Waals surface area contributed by atoms with E-state index in [9.17, 15) is 4.79 Å². The van der Waals surface area contributed by atoms with E-state index in [1.165, 1.54) is 4.88 Å². The number of nitrogens with zero attached hydrogens (tertiary/aromatic N) is 2. The van der Waals surface area contributed by atoms with Gasteiger partial charge in [0.1, 0.15) is 17.5 Å². The van der Waals surface area contributed by atoms with Gasteiger partial charge in [0.2, 0.25) is 0 Å². The Kier molecular flexibility index (Phi) is 7.91. The second-order valence-corrected chi connectivity index (χ2v) is 8.09. The third-order valence-corrected chi connectivity index (χ3v) is 5.81. The van der Waals surface area contributed by atoms with E-state index in [4.69, 9.17) is 4.99 Å². The highest BCUT2D eigenvalue weighted by Gasteiger charge is 2.44. The summed E-state index contributed by atoms with van der Waals surface area (Å²) in [5.74, 6) is 0. The summed E-state index contributed by atoms with van der Waals surface area (Å²) >= 11 is 5.78. The summed E-state index contributed by atoms with van der Waals surface area (Å²) in [6.45, 7) is 4.31. The highest BCUT2D eigenvalue weighted by molar-refractivity contribution is 7.83. The SMILES string of the molecule is CCCC[C@]1(C)N=CC=CN1C(C=O)(C/C=C/C=C\S)Cc1cccs1. The lowest BCUT2D eigenvalue weighted by atomic mass is 9.85. The Morgan fingerprint density at radius 3 is 2.92 bits per heavy atom. The number of unbranched alkanes of at least 4 members (excludes halogenated alkanes) is 1. The highest BCUT2D eigenvalue weighted by Crippen LogP contribution is 2.37. The first kappa shape index (κ1) is 20.7. The number of hydrogen-bond acceptors (Lipinski definition) is 5. The van der Waals surface area contributed by atoms with Crippen molar-refractivity contribution in [1.82, 2.24) is 4.90 Å². The van der Waals surface area contributed by atoms with Gasteiger partial charge in [-0.15, -0.1) is 11.3 Å². The van der Waals surface area contributed by atoms with Gasteiger partial charge in [-0.05, 0) is 49.1 Å². The predicted molar refractivity (Wildman–Crippen MR) is 116 cm³/mol. The summed E-state index contributed by atoms with van der Waals surface area (Å²) in [7, 11) is 0. The van der Waals surface area contributed by atoms with E-state index in [2.05, 4.69) is 42.8 Å². The molecule has 2 rings (SSSR count). The summed E-state index contributed by atoms with van der Waals surface area (Å²) in [5.41, 5.74) is -1.07. The predicted octanol–water partition coefficient (Wildman–Crippen LogP) is 5.42. The lowest BCUT2D eigenvalue weighted by molar-refractivity contribution is -0.120. The van der Waals surface area contributed by atoms with Crippen molar-refractivity contribution < 1.29 is 4.79 Å². The first-order valence-corrected chi connectivity index (χ1v) is 10.5. The molecular weight excluding hydrogens is 360 g/mol. The molecule has 0 radical (unpaired) electrons. The van der Waals surface area contributed by atoms with E-state index in [0.29, 0.717) is 12.8 Å². The average Bonchev–Trinajstić information content (AvgIpc) is 3.16. The van der Waals surface area contributed by atoms with Gasteiger partial charge in [0.25, 0.3) is 0 Å². The summed E-state index contributed by atoms with van der Waals surface area (Å²) in [6, 6.07) is 4.14. The molecule has 1 aromatic rings.